The van der Waals surface area contributed by atoms with Crippen molar-refractivity contribution in [2.24, 2.45) is 0 Å². The molecule has 1 aliphatic rings. The predicted molar refractivity (Wildman–Crippen MR) is 123 cm³/mol. The Morgan fingerprint density at radius 1 is 1.06 bits per heavy atom. The van der Waals surface area contributed by atoms with E-state index in [1.807, 2.05) is 13.0 Å². The summed E-state index contributed by atoms with van der Waals surface area (Å²) in [4.78, 5) is 17.3. The van der Waals surface area contributed by atoms with Crippen LogP contribution in [0.25, 0.3) is 0 Å². The normalized spacial score (nSPS) is 18.0. The van der Waals surface area contributed by atoms with Crippen molar-refractivity contribution in [2.45, 2.75) is 58.8 Å². The fourth-order valence-corrected chi connectivity index (χ4v) is 4.56. The van der Waals surface area contributed by atoms with Crippen LogP contribution in [0.2, 0.25) is 0 Å². The van der Waals surface area contributed by atoms with Gasteiger partial charge in [0.2, 0.25) is 0 Å². The van der Waals surface area contributed by atoms with Gasteiger partial charge in [-0.1, -0.05) is 45.4 Å². The number of halogens is 2. The van der Waals surface area contributed by atoms with Crippen LogP contribution < -0.4 is 4.90 Å². The SMILES string of the molecule is CCCCN(CCC)CCC1(C)CN(C(=O)c2c(F)cccc2F)c2cc(C)ccc21. The van der Waals surface area contributed by atoms with E-state index in [-0.39, 0.29) is 5.41 Å². The average Bonchev–Trinajstić information content (AvgIpc) is 3.02. The summed E-state index contributed by atoms with van der Waals surface area (Å²) >= 11 is 0. The minimum absolute atomic E-state index is 0.265. The van der Waals surface area contributed by atoms with E-state index in [0.717, 1.165) is 67.8 Å². The van der Waals surface area contributed by atoms with Gasteiger partial charge in [-0.15, -0.1) is 0 Å². The lowest BCUT2D eigenvalue weighted by Gasteiger charge is -2.30. The third-order valence-corrected chi connectivity index (χ3v) is 6.37. The molecule has 0 aliphatic carbocycles. The monoisotopic (exact) mass is 428 g/mol. The van der Waals surface area contributed by atoms with Gasteiger partial charge in [-0.25, -0.2) is 8.78 Å². The minimum Gasteiger partial charge on any atom is -0.307 e. The molecular weight excluding hydrogens is 394 g/mol. The molecule has 1 atom stereocenters. The van der Waals surface area contributed by atoms with Crippen LogP contribution in [0.3, 0.4) is 0 Å². The van der Waals surface area contributed by atoms with E-state index in [9.17, 15) is 13.6 Å². The van der Waals surface area contributed by atoms with Gasteiger partial charge in [-0.05, 0) is 75.1 Å². The second-order valence-electron chi connectivity index (χ2n) is 9.01. The molecule has 1 aliphatic heterocycles. The summed E-state index contributed by atoms with van der Waals surface area (Å²) in [6, 6.07) is 9.64. The Hall–Kier alpha value is -2.27. The highest BCUT2D eigenvalue weighted by Gasteiger charge is 2.42. The molecule has 3 nitrogen and oxygen atoms in total. The number of anilines is 1. The summed E-state index contributed by atoms with van der Waals surface area (Å²) in [7, 11) is 0. The van der Waals surface area contributed by atoms with Crippen molar-refractivity contribution in [3.05, 3.63) is 64.7 Å². The Bertz CT molecular complexity index is 909. The van der Waals surface area contributed by atoms with E-state index in [0.29, 0.717) is 6.54 Å². The van der Waals surface area contributed by atoms with Crippen molar-refractivity contribution in [1.29, 1.82) is 0 Å². The minimum atomic E-state index is -0.818. The highest BCUT2D eigenvalue weighted by atomic mass is 19.1. The first kappa shape index (κ1) is 23.4. The van der Waals surface area contributed by atoms with E-state index < -0.39 is 23.1 Å². The van der Waals surface area contributed by atoms with Gasteiger partial charge >= 0.3 is 0 Å². The molecule has 0 saturated heterocycles. The molecule has 0 N–H and O–H groups in total. The van der Waals surface area contributed by atoms with Crippen molar-refractivity contribution in [2.75, 3.05) is 31.1 Å². The number of rotatable bonds is 9. The maximum Gasteiger partial charge on any atom is 0.264 e. The molecule has 0 radical (unpaired) electrons. The van der Waals surface area contributed by atoms with Crippen molar-refractivity contribution in [3.8, 4) is 0 Å². The van der Waals surface area contributed by atoms with Gasteiger partial charge in [0.15, 0.2) is 0 Å². The summed E-state index contributed by atoms with van der Waals surface area (Å²) in [5, 5.41) is 0. The lowest BCUT2D eigenvalue weighted by atomic mass is 9.81. The van der Waals surface area contributed by atoms with Gasteiger partial charge in [-0.2, -0.15) is 0 Å². The Morgan fingerprint density at radius 3 is 2.42 bits per heavy atom. The number of carbonyl (C=O) groups is 1. The fraction of sp³-hybridized carbons (Fsp3) is 0.500. The molecule has 0 saturated carbocycles. The topological polar surface area (TPSA) is 23.6 Å². The number of amides is 1. The van der Waals surface area contributed by atoms with Crippen LogP contribution in [0.15, 0.2) is 36.4 Å². The quantitative estimate of drug-likeness (QED) is 0.482. The number of aryl methyl sites for hydroxylation is 1. The summed E-state index contributed by atoms with van der Waals surface area (Å²) in [6.45, 7) is 12.0. The first-order chi connectivity index (χ1) is 14.8. The van der Waals surface area contributed by atoms with Gasteiger partial charge in [-0.3, -0.25) is 4.79 Å². The number of carbonyl (C=O) groups excluding carboxylic acids is 1. The Morgan fingerprint density at radius 2 is 1.77 bits per heavy atom. The molecule has 1 heterocycles. The summed E-state index contributed by atoms with van der Waals surface area (Å²) in [5.41, 5.74) is 2.12. The van der Waals surface area contributed by atoms with E-state index in [1.54, 1.807) is 4.90 Å². The first-order valence-electron chi connectivity index (χ1n) is 11.4. The zero-order valence-corrected chi connectivity index (χ0v) is 19.2. The molecule has 2 aromatic rings. The number of hydrogen-bond donors (Lipinski definition) is 0. The zero-order chi connectivity index (χ0) is 22.6. The number of fused-ring (bicyclic) bond motifs is 1. The van der Waals surface area contributed by atoms with Crippen molar-refractivity contribution >= 4 is 11.6 Å². The smallest absolute Gasteiger partial charge is 0.264 e. The highest BCUT2D eigenvalue weighted by molar-refractivity contribution is 6.08. The second-order valence-corrected chi connectivity index (χ2v) is 9.01. The third kappa shape index (κ3) is 4.98. The maximum absolute atomic E-state index is 14.4. The molecule has 0 spiro atoms. The molecule has 0 fully saturated rings. The van der Waals surface area contributed by atoms with Gasteiger partial charge in [0.25, 0.3) is 5.91 Å². The van der Waals surface area contributed by atoms with E-state index >= 15 is 0 Å². The van der Waals surface area contributed by atoms with Crippen LogP contribution in [-0.4, -0.2) is 37.0 Å². The number of hydrogen-bond acceptors (Lipinski definition) is 2. The van der Waals surface area contributed by atoms with Crippen LogP contribution in [0.5, 0.6) is 0 Å². The summed E-state index contributed by atoms with van der Waals surface area (Å²) < 4.78 is 28.7. The van der Waals surface area contributed by atoms with Gasteiger partial charge in [0.1, 0.15) is 17.2 Å². The van der Waals surface area contributed by atoms with Crippen LogP contribution in [-0.2, 0) is 5.41 Å². The zero-order valence-electron chi connectivity index (χ0n) is 19.2. The molecule has 168 valence electrons. The molecule has 0 bridgehead atoms. The van der Waals surface area contributed by atoms with Crippen LogP contribution in [0, 0.1) is 18.6 Å². The molecule has 5 heteroatoms. The van der Waals surface area contributed by atoms with Gasteiger partial charge < -0.3 is 9.80 Å². The maximum atomic E-state index is 14.4. The summed E-state index contributed by atoms with van der Waals surface area (Å²) in [5.74, 6) is -2.24. The Kier molecular flexibility index (Phi) is 7.47. The standard InChI is InChI=1S/C26H34F2N2O/c1-5-7-15-29(14-6-2)16-13-26(4)18-30(23-17-19(3)11-12-20(23)26)25(31)24-21(27)9-8-10-22(24)28/h8-12,17H,5-7,13-16,18H2,1-4H3. The first-order valence-corrected chi connectivity index (χ1v) is 11.4. The molecule has 3 rings (SSSR count). The Labute approximate surface area is 185 Å². The van der Waals surface area contributed by atoms with Crippen molar-refractivity contribution in [1.82, 2.24) is 4.90 Å². The van der Waals surface area contributed by atoms with E-state index in [2.05, 4.69) is 37.8 Å². The van der Waals surface area contributed by atoms with E-state index in [4.69, 9.17) is 0 Å². The molecule has 0 aromatic heterocycles. The lowest BCUT2D eigenvalue weighted by Crippen LogP contribution is -2.39. The molecule has 31 heavy (non-hydrogen) atoms. The number of benzene rings is 2. The van der Waals surface area contributed by atoms with E-state index in [1.165, 1.54) is 12.5 Å². The predicted octanol–water partition coefficient (Wildman–Crippen LogP) is 6.09. The van der Waals surface area contributed by atoms with Crippen molar-refractivity contribution < 1.29 is 13.6 Å². The molecule has 2 aromatic carbocycles. The number of unbranched alkanes of at least 4 members (excludes halogenated alkanes) is 1. The van der Waals surface area contributed by atoms with Crippen LogP contribution >= 0.6 is 0 Å². The Balaban J connectivity index is 1.90. The largest absolute Gasteiger partial charge is 0.307 e. The number of nitrogens with zero attached hydrogens (tertiary/aromatic N) is 2. The molecular formula is C26H34F2N2O. The second kappa shape index (κ2) is 9.90. The average molecular weight is 429 g/mol. The van der Waals surface area contributed by atoms with Crippen LogP contribution in [0.1, 0.15) is 67.9 Å². The molecule has 1 unspecified atom stereocenters. The van der Waals surface area contributed by atoms with Crippen molar-refractivity contribution in [3.63, 3.8) is 0 Å². The third-order valence-electron chi connectivity index (χ3n) is 6.37. The highest BCUT2D eigenvalue weighted by Crippen LogP contribution is 2.44. The fourth-order valence-electron chi connectivity index (χ4n) is 4.56. The van der Waals surface area contributed by atoms with Crippen LogP contribution in [0.4, 0.5) is 14.5 Å². The van der Waals surface area contributed by atoms with Gasteiger partial charge in [0, 0.05) is 17.6 Å². The van der Waals surface area contributed by atoms with Gasteiger partial charge in [0.05, 0.1) is 0 Å². The summed E-state index contributed by atoms with van der Waals surface area (Å²) in [6.07, 6.45) is 4.32. The molecule has 1 amide bonds. The lowest BCUT2D eigenvalue weighted by molar-refractivity contribution is 0.0976.